The summed E-state index contributed by atoms with van der Waals surface area (Å²) in [5, 5.41) is 9.38. The SMILES string of the molecule is CC1Cc2ncc(CO)n2C1c1ccccc1. The molecule has 0 fully saturated rings. The van der Waals surface area contributed by atoms with Gasteiger partial charge in [0.25, 0.3) is 0 Å². The topological polar surface area (TPSA) is 38.1 Å². The maximum atomic E-state index is 9.38. The Morgan fingerprint density at radius 2 is 2.12 bits per heavy atom. The van der Waals surface area contributed by atoms with Gasteiger partial charge in [-0.25, -0.2) is 4.98 Å². The van der Waals surface area contributed by atoms with Crippen LogP contribution in [-0.4, -0.2) is 14.7 Å². The molecule has 2 unspecified atom stereocenters. The lowest BCUT2D eigenvalue weighted by Crippen LogP contribution is -2.14. The quantitative estimate of drug-likeness (QED) is 0.855. The first-order valence-corrected chi connectivity index (χ1v) is 6.02. The number of hydrogen-bond donors (Lipinski definition) is 1. The summed E-state index contributed by atoms with van der Waals surface area (Å²) in [6.45, 7) is 2.30. The molecule has 3 nitrogen and oxygen atoms in total. The minimum absolute atomic E-state index is 0.0586. The van der Waals surface area contributed by atoms with Gasteiger partial charge in [-0.3, -0.25) is 0 Å². The molecule has 0 radical (unpaired) electrons. The lowest BCUT2D eigenvalue weighted by atomic mass is 9.95. The van der Waals surface area contributed by atoms with Gasteiger partial charge in [-0.05, 0) is 11.5 Å². The molecule has 1 aliphatic heterocycles. The third-order valence-corrected chi connectivity index (χ3v) is 3.57. The van der Waals surface area contributed by atoms with Crippen molar-refractivity contribution in [2.75, 3.05) is 0 Å². The number of aliphatic hydroxyl groups is 1. The number of aromatic nitrogens is 2. The molecular formula is C14H16N2O. The molecule has 2 heterocycles. The van der Waals surface area contributed by atoms with E-state index in [1.165, 1.54) is 5.56 Å². The molecule has 2 aromatic rings. The van der Waals surface area contributed by atoms with Crippen LogP contribution < -0.4 is 0 Å². The molecule has 0 bridgehead atoms. The highest BCUT2D eigenvalue weighted by Gasteiger charge is 2.32. The van der Waals surface area contributed by atoms with Crippen molar-refractivity contribution in [2.24, 2.45) is 5.92 Å². The van der Waals surface area contributed by atoms with Crippen LogP contribution in [0.3, 0.4) is 0 Å². The molecular weight excluding hydrogens is 212 g/mol. The molecule has 2 atom stereocenters. The second kappa shape index (κ2) is 4.00. The van der Waals surface area contributed by atoms with E-state index in [4.69, 9.17) is 0 Å². The summed E-state index contributed by atoms with van der Waals surface area (Å²) in [5.41, 5.74) is 2.21. The fourth-order valence-electron chi connectivity index (χ4n) is 2.83. The van der Waals surface area contributed by atoms with Crippen molar-refractivity contribution in [3.05, 3.63) is 53.6 Å². The van der Waals surface area contributed by atoms with E-state index >= 15 is 0 Å². The van der Waals surface area contributed by atoms with E-state index in [2.05, 4.69) is 40.7 Å². The number of aliphatic hydroxyl groups excluding tert-OH is 1. The zero-order chi connectivity index (χ0) is 11.8. The van der Waals surface area contributed by atoms with Gasteiger partial charge in [-0.1, -0.05) is 37.3 Å². The fraction of sp³-hybridized carbons (Fsp3) is 0.357. The van der Waals surface area contributed by atoms with Crippen molar-refractivity contribution in [3.63, 3.8) is 0 Å². The number of hydrogen-bond acceptors (Lipinski definition) is 2. The van der Waals surface area contributed by atoms with Gasteiger partial charge < -0.3 is 9.67 Å². The number of nitrogens with zero attached hydrogens (tertiary/aromatic N) is 2. The molecule has 0 amide bonds. The highest BCUT2D eigenvalue weighted by Crippen LogP contribution is 2.37. The summed E-state index contributed by atoms with van der Waals surface area (Å²) in [7, 11) is 0. The molecule has 1 aromatic carbocycles. The molecule has 1 aromatic heterocycles. The number of rotatable bonds is 2. The number of benzene rings is 1. The summed E-state index contributed by atoms with van der Waals surface area (Å²) in [6, 6.07) is 10.8. The Labute approximate surface area is 101 Å². The summed E-state index contributed by atoms with van der Waals surface area (Å²) in [5.74, 6) is 1.63. The van der Waals surface area contributed by atoms with Crippen molar-refractivity contribution < 1.29 is 5.11 Å². The zero-order valence-corrected chi connectivity index (χ0v) is 9.87. The van der Waals surface area contributed by atoms with Crippen LogP contribution in [0.5, 0.6) is 0 Å². The van der Waals surface area contributed by atoms with Gasteiger partial charge in [-0.2, -0.15) is 0 Å². The van der Waals surface area contributed by atoms with Crippen LogP contribution in [0.4, 0.5) is 0 Å². The van der Waals surface area contributed by atoms with Gasteiger partial charge in [-0.15, -0.1) is 0 Å². The summed E-state index contributed by atoms with van der Waals surface area (Å²) >= 11 is 0. The monoisotopic (exact) mass is 228 g/mol. The highest BCUT2D eigenvalue weighted by molar-refractivity contribution is 5.26. The van der Waals surface area contributed by atoms with E-state index in [1.807, 2.05) is 6.07 Å². The maximum absolute atomic E-state index is 9.38. The predicted octanol–water partition coefficient (Wildman–Crippen LogP) is 2.16. The third kappa shape index (κ3) is 1.58. The van der Waals surface area contributed by atoms with E-state index in [0.717, 1.165) is 17.9 Å². The van der Waals surface area contributed by atoms with E-state index in [9.17, 15) is 5.11 Å². The van der Waals surface area contributed by atoms with Crippen molar-refractivity contribution in [2.45, 2.75) is 26.0 Å². The molecule has 3 rings (SSSR count). The van der Waals surface area contributed by atoms with Crippen LogP contribution >= 0.6 is 0 Å². The van der Waals surface area contributed by atoms with Crippen LogP contribution in [-0.2, 0) is 13.0 Å². The molecule has 0 aliphatic carbocycles. The Bertz CT molecular complexity index is 518. The summed E-state index contributed by atoms with van der Waals surface area (Å²) in [4.78, 5) is 4.40. The average molecular weight is 228 g/mol. The predicted molar refractivity (Wildman–Crippen MR) is 65.6 cm³/mol. The van der Waals surface area contributed by atoms with Gasteiger partial charge >= 0.3 is 0 Å². The minimum atomic E-state index is 0.0586. The van der Waals surface area contributed by atoms with E-state index in [1.54, 1.807) is 6.20 Å². The van der Waals surface area contributed by atoms with E-state index < -0.39 is 0 Å². The largest absolute Gasteiger partial charge is 0.390 e. The van der Waals surface area contributed by atoms with Crippen molar-refractivity contribution in [1.29, 1.82) is 0 Å². The van der Waals surface area contributed by atoms with Crippen molar-refractivity contribution >= 4 is 0 Å². The number of imidazole rings is 1. The van der Waals surface area contributed by atoms with Gasteiger partial charge in [0.1, 0.15) is 5.82 Å². The summed E-state index contributed by atoms with van der Waals surface area (Å²) < 4.78 is 2.19. The molecule has 0 saturated carbocycles. The van der Waals surface area contributed by atoms with Crippen LogP contribution in [0.2, 0.25) is 0 Å². The third-order valence-electron chi connectivity index (χ3n) is 3.57. The zero-order valence-electron chi connectivity index (χ0n) is 9.87. The first-order valence-electron chi connectivity index (χ1n) is 6.02. The van der Waals surface area contributed by atoms with Crippen LogP contribution in [0.1, 0.15) is 30.0 Å². The van der Waals surface area contributed by atoms with Crippen LogP contribution in [0.25, 0.3) is 0 Å². The molecule has 1 N–H and O–H groups in total. The van der Waals surface area contributed by atoms with Gasteiger partial charge in [0, 0.05) is 6.42 Å². The second-order valence-corrected chi connectivity index (χ2v) is 4.73. The summed E-state index contributed by atoms with van der Waals surface area (Å²) in [6.07, 6.45) is 2.77. The molecule has 1 aliphatic rings. The normalized spacial score (nSPS) is 22.7. The molecule has 3 heteroatoms. The Morgan fingerprint density at radius 3 is 2.82 bits per heavy atom. The highest BCUT2D eigenvalue weighted by atomic mass is 16.3. The minimum Gasteiger partial charge on any atom is -0.390 e. The van der Waals surface area contributed by atoms with E-state index in [-0.39, 0.29) is 6.61 Å². The second-order valence-electron chi connectivity index (χ2n) is 4.73. The Morgan fingerprint density at radius 1 is 1.35 bits per heavy atom. The van der Waals surface area contributed by atoms with Gasteiger partial charge in [0.2, 0.25) is 0 Å². The lowest BCUT2D eigenvalue weighted by molar-refractivity contribution is 0.267. The first-order chi connectivity index (χ1) is 8.31. The van der Waals surface area contributed by atoms with Crippen LogP contribution in [0.15, 0.2) is 36.5 Å². The molecule has 88 valence electrons. The lowest BCUT2D eigenvalue weighted by Gasteiger charge is -2.20. The van der Waals surface area contributed by atoms with Gasteiger partial charge in [0.15, 0.2) is 0 Å². The van der Waals surface area contributed by atoms with Crippen LogP contribution in [0, 0.1) is 5.92 Å². The Kier molecular flexibility index (Phi) is 2.48. The smallest absolute Gasteiger partial charge is 0.109 e. The molecule has 0 spiro atoms. The number of fused-ring (bicyclic) bond motifs is 1. The Hall–Kier alpha value is -1.61. The maximum Gasteiger partial charge on any atom is 0.109 e. The molecule has 17 heavy (non-hydrogen) atoms. The van der Waals surface area contributed by atoms with Crippen molar-refractivity contribution in [1.82, 2.24) is 9.55 Å². The van der Waals surface area contributed by atoms with Crippen molar-refractivity contribution in [3.8, 4) is 0 Å². The standard InChI is InChI=1S/C14H16N2O/c1-10-7-13-15-8-12(9-17)16(13)14(10)11-5-3-2-4-6-11/h2-6,8,10,14,17H,7,9H2,1H3. The molecule has 0 saturated heterocycles. The first kappa shape index (κ1) is 10.5. The van der Waals surface area contributed by atoms with Gasteiger partial charge in [0.05, 0.1) is 24.5 Å². The fourth-order valence-corrected chi connectivity index (χ4v) is 2.83. The average Bonchev–Trinajstić information content (AvgIpc) is 2.87. The Balaban J connectivity index is 2.10. The van der Waals surface area contributed by atoms with E-state index in [0.29, 0.717) is 12.0 Å².